The lowest BCUT2D eigenvalue weighted by Crippen LogP contribution is -2.07. The average molecular weight is 180 g/mol. The largest absolute Gasteiger partial charge is 0.265 e. The standard InChI is InChI=1S/C4H8N2O4S/c7-5(8)1-3-11-4-2-6(9)10/h1-4H2. The molecule has 0 saturated heterocycles. The van der Waals surface area contributed by atoms with Gasteiger partial charge in [0.05, 0.1) is 11.5 Å². The lowest BCUT2D eigenvalue weighted by molar-refractivity contribution is -0.475. The lowest BCUT2D eigenvalue weighted by Gasteiger charge is -1.92. The van der Waals surface area contributed by atoms with Crippen LogP contribution in [-0.4, -0.2) is 34.4 Å². The summed E-state index contributed by atoms with van der Waals surface area (Å²) >= 11 is 1.23. The van der Waals surface area contributed by atoms with Crippen LogP contribution in [-0.2, 0) is 0 Å². The van der Waals surface area contributed by atoms with Gasteiger partial charge in [-0.25, -0.2) is 0 Å². The first kappa shape index (κ1) is 10.2. The molecule has 0 aromatic heterocycles. The number of rotatable bonds is 6. The minimum Gasteiger partial charge on any atom is -0.265 e. The number of thioether (sulfide) groups is 1. The molecular formula is C4H8N2O4S. The van der Waals surface area contributed by atoms with E-state index < -0.39 is 9.85 Å². The van der Waals surface area contributed by atoms with Crippen molar-refractivity contribution in [2.24, 2.45) is 0 Å². The van der Waals surface area contributed by atoms with Crippen LogP contribution in [0.25, 0.3) is 0 Å². The first-order valence-electron chi connectivity index (χ1n) is 2.94. The van der Waals surface area contributed by atoms with E-state index in [0.717, 1.165) is 0 Å². The molecule has 0 amide bonds. The maximum absolute atomic E-state index is 9.75. The molecule has 0 atom stereocenters. The number of nitro groups is 2. The molecule has 0 heterocycles. The maximum atomic E-state index is 9.75. The fourth-order valence-corrected chi connectivity index (χ4v) is 1.14. The second-order valence-corrected chi connectivity index (χ2v) is 2.95. The van der Waals surface area contributed by atoms with Gasteiger partial charge in [-0.05, 0) is 0 Å². The average Bonchev–Trinajstić information content (AvgIpc) is 1.85. The first-order valence-corrected chi connectivity index (χ1v) is 4.09. The van der Waals surface area contributed by atoms with E-state index in [4.69, 9.17) is 0 Å². The van der Waals surface area contributed by atoms with Crippen molar-refractivity contribution in [3.8, 4) is 0 Å². The molecule has 11 heavy (non-hydrogen) atoms. The second kappa shape index (κ2) is 5.90. The van der Waals surface area contributed by atoms with Crippen molar-refractivity contribution >= 4 is 11.8 Å². The number of nitrogens with zero attached hydrogens (tertiary/aromatic N) is 2. The van der Waals surface area contributed by atoms with E-state index in [0.29, 0.717) is 11.5 Å². The molecule has 0 aromatic carbocycles. The molecule has 0 spiro atoms. The van der Waals surface area contributed by atoms with Crippen LogP contribution >= 0.6 is 11.8 Å². The lowest BCUT2D eigenvalue weighted by atomic mass is 10.8. The van der Waals surface area contributed by atoms with Gasteiger partial charge in [-0.2, -0.15) is 0 Å². The van der Waals surface area contributed by atoms with Gasteiger partial charge in [0.15, 0.2) is 0 Å². The summed E-state index contributed by atoms with van der Waals surface area (Å²) in [6.45, 7) is -0.245. The highest BCUT2D eigenvalue weighted by Gasteiger charge is 1.99. The second-order valence-electron chi connectivity index (χ2n) is 1.73. The van der Waals surface area contributed by atoms with E-state index in [1.807, 2.05) is 0 Å². The van der Waals surface area contributed by atoms with Gasteiger partial charge in [0, 0.05) is 9.85 Å². The van der Waals surface area contributed by atoms with Crippen molar-refractivity contribution in [3.63, 3.8) is 0 Å². The van der Waals surface area contributed by atoms with Crippen molar-refractivity contribution < 1.29 is 9.85 Å². The van der Waals surface area contributed by atoms with Crippen LogP contribution < -0.4 is 0 Å². The van der Waals surface area contributed by atoms with E-state index in [2.05, 4.69) is 0 Å². The zero-order valence-corrected chi connectivity index (χ0v) is 6.58. The summed E-state index contributed by atoms with van der Waals surface area (Å²) in [7, 11) is 0. The van der Waals surface area contributed by atoms with E-state index >= 15 is 0 Å². The summed E-state index contributed by atoms with van der Waals surface area (Å²) in [6.07, 6.45) is 0. The Hall–Kier alpha value is -0.850. The van der Waals surface area contributed by atoms with Crippen LogP contribution in [0.15, 0.2) is 0 Å². The van der Waals surface area contributed by atoms with E-state index in [-0.39, 0.29) is 13.1 Å². The summed E-state index contributed by atoms with van der Waals surface area (Å²) in [5, 5.41) is 19.5. The topological polar surface area (TPSA) is 86.3 Å². The molecule has 0 N–H and O–H groups in total. The fraction of sp³-hybridized carbons (Fsp3) is 1.00. The monoisotopic (exact) mass is 180 g/mol. The molecule has 0 radical (unpaired) electrons. The fourth-order valence-electron chi connectivity index (χ4n) is 0.380. The molecule has 0 saturated carbocycles. The Morgan fingerprint density at radius 2 is 1.36 bits per heavy atom. The predicted octanol–water partition coefficient (Wildman–Crippen LogP) is 0.273. The summed E-state index contributed by atoms with van der Waals surface area (Å²) in [4.78, 5) is 18.6. The summed E-state index contributed by atoms with van der Waals surface area (Å²) in [6, 6.07) is 0. The molecule has 64 valence electrons. The Morgan fingerprint density at radius 1 is 1.00 bits per heavy atom. The summed E-state index contributed by atoms with van der Waals surface area (Å²) in [5.74, 6) is 0.696. The van der Waals surface area contributed by atoms with Gasteiger partial charge in [-0.15, -0.1) is 11.8 Å². The van der Waals surface area contributed by atoms with Crippen molar-refractivity contribution in [1.82, 2.24) is 0 Å². The zero-order chi connectivity index (χ0) is 8.69. The third-order valence-electron chi connectivity index (χ3n) is 0.836. The van der Waals surface area contributed by atoms with Gasteiger partial charge in [0.2, 0.25) is 13.1 Å². The Bertz CT molecular complexity index is 135. The Kier molecular flexibility index (Phi) is 5.44. The van der Waals surface area contributed by atoms with Crippen LogP contribution in [0, 0.1) is 20.2 Å². The first-order chi connectivity index (χ1) is 5.13. The summed E-state index contributed by atoms with van der Waals surface area (Å²) < 4.78 is 0. The highest BCUT2D eigenvalue weighted by Crippen LogP contribution is 1.97. The molecule has 6 nitrogen and oxygen atoms in total. The van der Waals surface area contributed by atoms with E-state index in [1.165, 1.54) is 11.8 Å². The van der Waals surface area contributed by atoms with Gasteiger partial charge in [0.25, 0.3) is 0 Å². The van der Waals surface area contributed by atoms with Crippen LogP contribution in [0.1, 0.15) is 0 Å². The van der Waals surface area contributed by atoms with Crippen molar-refractivity contribution in [2.45, 2.75) is 0 Å². The number of hydrogen-bond acceptors (Lipinski definition) is 5. The maximum Gasteiger partial charge on any atom is 0.212 e. The third kappa shape index (κ3) is 9.15. The van der Waals surface area contributed by atoms with Gasteiger partial charge >= 0.3 is 0 Å². The molecule has 0 aliphatic rings. The highest BCUT2D eigenvalue weighted by molar-refractivity contribution is 7.99. The van der Waals surface area contributed by atoms with Gasteiger partial charge in [0.1, 0.15) is 0 Å². The predicted molar refractivity (Wildman–Crippen MR) is 41.0 cm³/mol. The smallest absolute Gasteiger partial charge is 0.212 e. The quantitative estimate of drug-likeness (QED) is 0.332. The zero-order valence-electron chi connectivity index (χ0n) is 5.76. The third-order valence-corrected chi connectivity index (χ3v) is 1.78. The minimum atomic E-state index is -0.431. The van der Waals surface area contributed by atoms with Crippen molar-refractivity contribution in [1.29, 1.82) is 0 Å². The summed E-state index contributed by atoms with van der Waals surface area (Å²) in [5.41, 5.74) is 0. The molecule has 0 fully saturated rings. The Balaban J connectivity index is 3.03. The van der Waals surface area contributed by atoms with E-state index in [9.17, 15) is 20.2 Å². The van der Waals surface area contributed by atoms with Crippen LogP contribution in [0.3, 0.4) is 0 Å². The van der Waals surface area contributed by atoms with Crippen molar-refractivity contribution in [3.05, 3.63) is 20.2 Å². The molecule has 0 bridgehead atoms. The number of hydrogen-bond donors (Lipinski definition) is 0. The molecule has 0 aliphatic heterocycles. The van der Waals surface area contributed by atoms with E-state index in [1.54, 1.807) is 0 Å². The van der Waals surface area contributed by atoms with Crippen LogP contribution in [0.5, 0.6) is 0 Å². The minimum absolute atomic E-state index is 0.123. The van der Waals surface area contributed by atoms with Crippen LogP contribution in [0.2, 0.25) is 0 Å². The van der Waals surface area contributed by atoms with Crippen LogP contribution in [0.4, 0.5) is 0 Å². The van der Waals surface area contributed by atoms with Gasteiger partial charge in [-0.3, -0.25) is 20.2 Å². The molecular weight excluding hydrogens is 172 g/mol. The Morgan fingerprint density at radius 3 is 1.64 bits per heavy atom. The molecule has 0 unspecified atom stereocenters. The normalized spacial score (nSPS) is 9.45. The van der Waals surface area contributed by atoms with Crippen molar-refractivity contribution in [2.75, 3.05) is 24.6 Å². The molecule has 7 heteroatoms. The SMILES string of the molecule is O=[N+]([O-])CCSCC[N+](=O)[O-]. The molecule has 0 rings (SSSR count). The van der Waals surface area contributed by atoms with Gasteiger partial charge in [-0.1, -0.05) is 0 Å². The van der Waals surface area contributed by atoms with Gasteiger partial charge < -0.3 is 0 Å². The molecule has 0 aliphatic carbocycles. The Labute approximate surface area is 67.3 Å². The highest BCUT2D eigenvalue weighted by atomic mass is 32.2. The molecule has 0 aromatic rings.